The number of carboxylic acids is 1. The second kappa shape index (κ2) is 12.5. The van der Waals surface area contributed by atoms with E-state index in [1.165, 1.54) is 28.3 Å². The highest BCUT2D eigenvalue weighted by molar-refractivity contribution is 7.18. The van der Waals surface area contributed by atoms with Gasteiger partial charge in [0.15, 0.2) is 0 Å². The molecule has 2 fully saturated rings. The zero-order valence-electron chi connectivity index (χ0n) is 25.9. The zero-order valence-corrected chi connectivity index (χ0v) is 27.5. The number of thiophene rings is 1. The van der Waals surface area contributed by atoms with E-state index in [0.717, 1.165) is 5.56 Å². The summed E-state index contributed by atoms with van der Waals surface area (Å²) in [7, 11) is 0. The third-order valence-electron chi connectivity index (χ3n) is 9.40. The number of aromatic carboxylic acids is 1. The number of carboxylic acid groups (broad SMARTS) is 1. The highest BCUT2D eigenvalue weighted by Crippen LogP contribution is 2.55. The number of anilines is 1. The number of carbonyl (C=O) groups is 1. The molecule has 1 aliphatic heterocycles. The summed E-state index contributed by atoms with van der Waals surface area (Å²) in [6, 6.07) is 9.09. The van der Waals surface area contributed by atoms with Crippen LogP contribution in [0.5, 0.6) is 0 Å². The van der Waals surface area contributed by atoms with Gasteiger partial charge in [-0.05, 0) is 62.3 Å². The van der Waals surface area contributed by atoms with Crippen LogP contribution in [-0.2, 0) is 6.54 Å². The quantitative estimate of drug-likeness (QED) is 0.193. The second-order valence-corrected chi connectivity index (χ2v) is 13.5. The Balaban J connectivity index is 1.19. The lowest BCUT2D eigenvalue weighted by atomic mass is 9.90. The van der Waals surface area contributed by atoms with E-state index in [0.29, 0.717) is 63.9 Å². The van der Waals surface area contributed by atoms with Crippen molar-refractivity contribution in [2.75, 3.05) is 18.0 Å². The Morgan fingerprint density at radius 2 is 1.96 bits per heavy atom. The number of aromatic nitrogens is 4. The van der Waals surface area contributed by atoms with Crippen LogP contribution in [0.4, 0.5) is 19.0 Å². The van der Waals surface area contributed by atoms with E-state index < -0.39 is 23.6 Å². The van der Waals surface area contributed by atoms with Crippen molar-refractivity contribution >= 4 is 55.8 Å². The van der Waals surface area contributed by atoms with Gasteiger partial charge >= 0.3 is 12.1 Å². The average Bonchev–Trinajstić information content (AvgIpc) is 3.78. The van der Waals surface area contributed by atoms with Gasteiger partial charge in [-0.1, -0.05) is 23.4 Å². The Hall–Kier alpha value is -4.98. The van der Waals surface area contributed by atoms with Gasteiger partial charge in [0, 0.05) is 46.4 Å². The molecule has 1 aromatic carbocycles. The maximum Gasteiger partial charge on any atom is 0.392 e. The van der Waals surface area contributed by atoms with Crippen molar-refractivity contribution in [3.63, 3.8) is 0 Å². The van der Waals surface area contributed by atoms with Gasteiger partial charge in [-0.25, -0.2) is 14.8 Å². The molecule has 0 radical (unpaired) electrons. The van der Waals surface area contributed by atoms with Crippen LogP contribution in [0.1, 0.15) is 46.6 Å². The Labute approximate surface area is 286 Å². The molecule has 0 bridgehead atoms. The third kappa shape index (κ3) is 5.98. The number of pyridine rings is 2. The van der Waals surface area contributed by atoms with E-state index in [2.05, 4.69) is 32.9 Å². The molecule has 248 valence electrons. The molecule has 5 aromatic rings. The fourth-order valence-electron chi connectivity index (χ4n) is 6.85. The number of piperidine rings is 1. The molecule has 5 heterocycles. The molecule has 4 aromatic heterocycles. The molecule has 1 saturated carbocycles. The van der Waals surface area contributed by atoms with Gasteiger partial charge in [-0.3, -0.25) is 14.3 Å². The first-order valence-electron chi connectivity index (χ1n) is 15.5. The smallest absolute Gasteiger partial charge is 0.392 e. The normalized spacial score (nSPS) is 17.9. The van der Waals surface area contributed by atoms with Gasteiger partial charge < -0.3 is 10.0 Å². The topological polar surface area (TPSA) is 125 Å². The summed E-state index contributed by atoms with van der Waals surface area (Å²) >= 11 is 7.62. The molecule has 1 aliphatic carbocycles. The van der Waals surface area contributed by atoms with Crippen molar-refractivity contribution in [1.82, 2.24) is 19.5 Å². The first-order valence-corrected chi connectivity index (χ1v) is 16.7. The number of aryl methyl sites for hydroxylation is 1. The minimum Gasteiger partial charge on any atom is -0.478 e. The average molecular weight is 703 g/mol. The van der Waals surface area contributed by atoms with Crippen LogP contribution in [0.3, 0.4) is 0 Å². The number of halogens is 4. The summed E-state index contributed by atoms with van der Waals surface area (Å²) < 4.78 is 41.5. The van der Waals surface area contributed by atoms with Crippen LogP contribution in [0, 0.1) is 47.8 Å². The maximum absolute atomic E-state index is 13.9. The lowest BCUT2D eigenvalue weighted by Crippen LogP contribution is -2.36. The second-order valence-electron chi connectivity index (χ2n) is 12.2. The predicted octanol–water partition coefficient (Wildman–Crippen LogP) is 7.07. The summed E-state index contributed by atoms with van der Waals surface area (Å²) in [6.45, 7) is 2.50. The Kier molecular flexibility index (Phi) is 8.29. The first kappa shape index (κ1) is 32.6. The number of benzene rings is 1. The van der Waals surface area contributed by atoms with Crippen LogP contribution in [0.15, 0.2) is 46.8 Å². The molecular weight excluding hydrogens is 677 g/mol. The van der Waals surface area contributed by atoms with E-state index >= 15 is 0 Å². The van der Waals surface area contributed by atoms with E-state index in [1.54, 1.807) is 36.6 Å². The lowest BCUT2D eigenvalue weighted by Gasteiger charge is -2.33. The number of hydrogen-bond acceptors (Lipinski definition) is 8. The predicted molar refractivity (Wildman–Crippen MR) is 180 cm³/mol. The minimum absolute atomic E-state index is 0.0350. The molecule has 1 N–H and O–H groups in total. The van der Waals surface area contributed by atoms with Crippen molar-refractivity contribution in [2.45, 2.75) is 38.9 Å². The van der Waals surface area contributed by atoms with Crippen molar-refractivity contribution in [3.8, 4) is 29.0 Å². The van der Waals surface area contributed by atoms with E-state index in [1.807, 2.05) is 4.90 Å². The molecule has 1 saturated heterocycles. The Morgan fingerprint density at radius 1 is 1.18 bits per heavy atom. The van der Waals surface area contributed by atoms with Gasteiger partial charge in [0.1, 0.15) is 23.3 Å². The number of nitriles is 1. The largest absolute Gasteiger partial charge is 0.478 e. The van der Waals surface area contributed by atoms with Crippen LogP contribution in [0.25, 0.3) is 32.2 Å². The number of rotatable bonds is 5. The van der Waals surface area contributed by atoms with Crippen LogP contribution < -0.4 is 10.5 Å². The Bertz CT molecular complexity index is 2330. The maximum atomic E-state index is 13.9. The van der Waals surface area contributed by atoms with Crippen molar-refractivity contribution in [3.05, 3.63) is 79.9 Å². The summed E-state index contributed by atoms with van der Waals surface area (Å²) in [5.41, 5.74) is 2.35. The molecule has 0 spiro atoms. The lowest BCUT2D eigenvalue weighted by molar-refractivity contribution is -0.152. The summed E-state index contributed by atoms with van der Waals surface area (Å²) in [4.78, 5) is 40.8. The number of hydrogen-bond donors (Lipinski definition) is 1. The van der Waals surface area contributed by atoms with Gasteiger partial charge in [-0.2, -0.15) is 18.4 Å². The van der Waals surface area contributed by atoms with Gasteiger partial charge in [0.2, 0.25) is 0 Å². The molecule has 49 heavy (non-hydrogen) atoms. The molecule has 2 atom stereocenters. The SMILES string of the molecule is Cc1nc2cnc(N3CCC([C@@H]4C[C@H]4C(F)(F)F)CC3)c(C#N)c2c(=O)n1CC#Cc1ccc(Cl)cc1-c1ccnc2c(C(=O)O)csc12. The van der Waals surface area contributed by atoms with Gasteiger partial charge in [-0.15, -0.1) is 11.3 Å². The molecule has 0 unspecified atom stereocenters. The van der Waals surface area contributed by atoms with Crippen molar-refractivity contribution in [2.24, 2.45) is 17.8 Å². The molecule has 14 heteroatoms. The van der Waals surface area contributed by atoms with E-state index in [9.17, 15) is 33.1 Å². The molecule has 0 amide bonds. The van der Waals surface area contributed by atoms with Crippen molar-refractivity contribution < 1.29 is 23.1 Å². The minimum atomic E-state index is -4.16. The monoisotopic (exact) mass is 702 g/mol. The fraction of sp³-hybridized carbons (Fsp3) is 0.314. The van der Waals surface area contributed by atoms with E-state index in [-0.39, 0.29) is 46.8 Å². The molecule has 2 aliphatic rings. The molecular formula is C35H26ClF3N6O3S. The summed E-state index contributed by atoms with van der Waals surface area (Å²) in [5.74, 6) is 4.19. The highest BCUT2D eigenvalue weighted by atomic mass is 35.5. The molecule has 7 rings (SSSR count). The summed E-state index contributed by atoms with van der Waals surface area (Å²) in [5, 5.41) is 21.9. The summed E-state index contributed by atoms with van der Waals surface area (Å²) in [6.07, 6.45) is 0.115. The highest BCUT2D eigenvalue weighted by Gasteiger charge is 2.58. The van der Waals surface area contributed by atoms with Crippen LogP contribution >= 0.6 is 22.9 Å². The Morgan fingerprint density at radius 3 is 2.65 bits per heavy atom. The number of fused-ring (bicyclic) bond motifs is 2. The third-order valence-corrected chi connectivity index (χ3v) is 10.6. The van der Waals surface area contributed by atoms with Crippen molar-refractivity contribution in [1.29, 1.82) is 5.26 Å². The van der Waals surface area contributed by atoms with Gasteiger partial charge in [0.25, 0.3) is 5.56 Å². The van der Waals surface area contributed by atoms with Gasteiger partial charge in [0.05, 0.1) is 45.3 Å². The standard InChI is InChI=1S/C35H26ClF3N6O3S/c1-18-43-28-16-42-32(44-11-7-20(8-12-44)24-14-27(24)35(37,38)39)25(15-40)29(28)33(46)45(18)10-2-3-19-4-5-21(36)13-23(19)22-6-9-41-30-26(34(47)48)17-49-31(22)30/h4-6,9,13,16-17,20,24,27H,7-8,10-12,14H2,1H3,(H,47,48)/t24-,27+/m0/s1. The number of nitrogens with zero attached hydrogens (tertiary/aromatic N) is 6. The van der Waals surface area contributed by atoms with E-state index in [4.69, 9.17) is 11.6 Å². The van der Waals surface area contributed by atoms with Crippen LogP contribution in [-0.4, -0.2) is 49.9 Å². The fourth-order valence-corrected chi connectivity index (χ4v) is 8.05. The van der Waals surface area contributed by atoms with Crippen LogP contribution in [0.2, 0.25) is 5.02 Å². The number of alkyl halides is 3. The molecule has 9 nitrogen and oxygen atoms in total. The first-order chi connectivity index (χ1) is 23.5. The zero-order chi connectivity index (χ0) is 34.6.